The largest absolute Gasteiger partial charge is 0.496 e. The van der Waals surface area contributed by atoms with Crippen LogP contribution >= 0.6 is 11.6 Å². The Morgan fingerprint density at radius 3 is 3.05 bits per heavy atom. The number of nitrogens with zero attached hydrogens (tertiary/aromatic N) is 1. The highest BCUT2D eigenvalue weighted by molar-refractivity contribution is 6.33. The van der Waals surface area contributed by atoms with Gasteiger partial charge in [0.1, 0.15) is 5.75 Å². The molecule has 1 aromatic rings. The number of amides is 1. The number of rotatable bonds is 4. The van der Waals surface area contributed by atoms with Crippen LogP contribution in [-0.2, 0) is 0 Å². The number of hydrogen-bond donors (Lipinski definition) is 2. The Labute approximate surface area is 135 Å². The number of ether oxygens (including phenoxy) is 1. The van der Waals surface area contributed by atoms with Crippen molar-refractivity contribution in [3.8, 4) is 5.75 Å². The first-order chi connectivity index (χ1) is 10.6. The predicted molar refractivity (Wildman–Crippen MR) is 87.5 cm³/mol. The molecular formula is C16H22ClN3O2. The monoisotopic (exact) mass is 323 g/mol. The molecule has 1 aromatic carbocycles. The number of fused-ring (bicyclic) bond motifs is 1. The van der Waals surface area contributed by atoms with Gasteiger partial charge in [0.15, 0.2) is 0 Å². The number of halogens is 1. The van der Waals surface area contributed by atoms with E-state index >= 15 is 0 Å². The van der Waals surface area contributed by atoms with E-state index < -0.39 is 0 Å². The first-order valence-electron chi connectivity index (χ1n) is 7.75. The van der Waals surface area contributed by atoms with Gasteiger partial charge < -0.3 is 20.7 Å². The molecule has 0 saturated carbocycles. The standard InChI is InChI=1S/C16H22ClN3O2/c1-22-15-8-13(18)12(17)7-11(15)16(21)19-9-10-4-6-20-5-2-3-14(10)20/h7-8,10,14H,2-6,9,18H2,1H3,(H,19,21)/t10-,14+/m0/s1. The first kappa shape index (κ1) is 15.4. The lowest BCUT2D eigenvalue weighted by molar-refractivity contribution is 0.0941. The summed E-state index contributed by atoms with van der Waals surface area (Å²) in [5.74, 6) is 0.838. The molecular weight excluding hydrogens is 302 g/mol. The summed E-state index contributed by atoms with van der Waals surface area (Å²) in [6.45, 7) is 3.06. The van der Waals surface area contributed by atoms with E-state index in [2.05, 4.69) is 10.2 Å². The van der Waals surface area contributed by atoms with E-state index in [1.807, 2.05) is 0 Å². The van der Waals surface area contributed by atoms with Gasteiger partial charge in [-0.25, -0.2) is 0 Å². The number of hydrogen-bond acceptors (Lipinski definition) is 4. The summed E-state index contributed by atoms with van der Waals surface area (Å²) in [7, 11) is 1.52. The van der Waals surface area contributed by atoms with Crippen LogP contribution in [0.3, 0.4) is 0 Å². The van der Waals surface area contributed by atoms with Crippen LogP contribution in [0.1, 0.15) is 29.6 Å². The summed E-state index contributed by atoms with van der Waals surface area (Å²) in [6, 6.07) is 3.80. The minimum atomic E-state index is -0.157. The average molecular weight is 324 g/mol. The molecule has 1 amide bonds. The molecule has 0 aliphatic carbocycles. The zero-order valence-corrected chi connectivity index (χ0v) is 13.5. The maximum Gasteiger partial charge on any atom is 0.255 e. The molecule has 2 fully saturated rings. The Morgan fingerprint density at radius 2 is 2.27 bits per heavy atom. The van der Waals surface area contributed by atoms with Gasteiger partial charge in [-0.05, 0) is 44.3 Å². The van der Waals surface area contributed by atoms with Crippen molar-refractivity contribution >= 4 is 23.2 Å². The van der Waals surface area contributed by atoms with Crippen LogP contribution in [0.5, 0.6) is 5.75 Å². The number of nitrogens with two attached hydrogens (primary N) is 1. The molecule has 2 heterocycles. The van der Waals surface area contributed by atoms with Crippen LogP contribution < -0.4 is 15.8 Å². The summed E-state index contributed by atoms with van der Waals surface area (Å²) >= 11 is 6.02. The fourth-order valence-electron chi connectivity index (χ4n) is 3.66. The molecule has 0 bridgehead atoms. The van der Waals surface area contributed by atoms with Crippen molar-refractivity contribution in [2.24, 2.45) is 5.92 Å². The third-order valence-corrected chi connectivity index (χ3v) is 5.16. The van der Waals surface area contributed by atoms with Crippen molar-refractivity contribution in [2.75, 3.05) is 32.5 Å². The number of benzene rings is 1. The Hall–Kier alpha value is -1.46. The van der Waals surface area contributed by atoms with Crippen LogP contribution in [0.2, 0.25) is 5.02 Å². The number of nitrogen functional groups attached to an aromatic ring is 1. The smallest absolute Gasteiger partial charge is 0.255 e. The number of carbonyl (C=O) groups is 1. The topological polar surface area (TPSA) is 67.6 Å². The molecule has 5 nitrogen and oxygen atoms in total. The van der Waals surface area contributed by atoms with E-state index in [1.165, 1.54) is 26.5 Å². The van der Waals surface area contributed by atoms with Crippen LogP contribution in [0.25, 0.3) is 0 Å². The van der Waals surface area contributed by atoms with Crippen molar-refractivity contribution in [3.05, 3.63) is 22.7 Å². The molecule has 2 atom stereocenters. The Bertz CT molecular complexity index is 579. The second-order valence-corrected chi connectivity index (χ2v) is 6.49. The number of methoxy groups -OCH3 is 1. The molecule has 2 saturated heterocycles. The molecule has 0 spiro atoms. The Kier molecular flexibility index (Phi) is 4.45. The number of nitrogens with one attached hydrogen (secondary N) is 1. The lowest BCUT2D eigenvalue weighted by atomic mass is 9.98. The summed E-state index contributed by atoms with van der Waals surface area (Å²) in [4.78, 5) is 15.0. The van der Waals surface area contributed by atoms with Crippen molar-refractivity contribution < 1.29 is 9.53 Å². The minimum Gasteiger partial charge on any atom is -0.496 e. The highest BCUT2D eigenvalue weighted by atomic mass is 35.5. The minimum absolute atomic E-state index is 0.157. The van der Waals surface area contributed by atoms with Crippen molar-refractivity contribution in [3.63, 3.8) is 0 Å². The second-order valence-electron chi connectivity index (χ2n) is 6.08. The maximum absolute atomic E-state index is 12.4. The second kappa shape index (κ2) is 6.34. The van der Waals surface area contributed by atoms with Crippen LogP contribution in [0.15, 0.2) is 12.1 Å². The first-order valence-corrected chi connectivity index (χ1v) is 8.13. The zero-order chi connectivity index (χ0) is 15.7. The molecule has 3 N–H and O–H groups in total. The summed E-state index contributed by atoms with van der Waals surface area (Å²) in [5.41, 5.74) is 6.59. The van der Waals surface area contributed by atoms with Gasteiger partial charge in [0.05, 0.1) is 23.4 Å². The van der Waals surface area contributed by atoms with Gasteiger partial charge in [-0.15, -0.1) is 0 Å². The van der Waals surface area contributed by atoms with Crippen molar-refractivity contribution in [1.82, 2.24) is 10.2 Å². The third-order valence-electron chi connectivity index (χ3n) is 4.83. The van der Waals surface area contributed by atoms with Gasteiger partial charge in [-0.2, -0.15) is 0 Å². The van der Waals surface area contributed by atoms with E-state index in [4.69, 9.17) is 22.1 Å². The quantitative estimate of drug-likeness (QED) is 0.833. The van der Waals surface area contributed by atoms with Crippen LogP contribution in [0, 0.1) is 5.92 Å². The van der Waals surface area contributed by atoms with Gasteiger partial charge in [0.2, 0.25) is 0 Å². The highest BCUT2D eigenvalue weighted by Crippen LogP contribution is 2.32. The Morgan fingerprint density at radius 1 is 1.45 bits per heavy atom. The van der Waals surface area contributed by atoms with Gasteiger partial charge in [-0.3, -0.25) is 4.79 Å². The van der Waals surface area contributed by atoms with E-state index in [9.17, 15) is 4.79 Å². The highest BCUT2D eigenvalue weighted by Gasteiger charge is 2.37. The van der Waals surface area contributed by atoms with E-state index in [0.29, 0.717) is 40.5 Å². The SMILES string of the molecule is COc1cc(N)c(Cl)cc1C(=O)NC[C@@H]1CCN2CCC[C@H]12. The molecule has 2 aliphatic heterocycles. The lowest BCUT2D eigenvalue weighted by Crippen LogP contribution is -2.35. The van der Waals surface area contributed by atoms with E-state index in [1.54, 1.807) is 12.1 Å². The normalized spacial score (nSPS) is 24.3. The van der Waals surface area contributed by atoms with E-state index in [0.717, 1.165) is 13.0 Å². The zero-order valence-electron chi connectivity index (χ0n) is 12.8. The Balaban J connectivity index is 1.66. The van der Waals surface area contributed by atoms with Gasteiger partial charge in [0.25, 0.3) is 5.91 Å². The van der Waals surface area contributed by atoms with Crippen LogP contribution in [0.4, 0.5) is 5.69 Å². The molecule has 3 rings (SSSR count). The summed E-state index contributed by atoms with van der Waals surface area (Å²) in [5, 5.41) is 3.40. The fraction of sp³-hybridized carbons (Fsp3) is 0.562. The lowest BCUT2D eigenvalue weighted by Gasteiger charge is -2.20. The molecule has 6 heteroatoms. The van der Waals surface area contributed by atoms with Gasteiger partial charge in [-0.1, -0.05) is 11.6 Å². The van der Waals surface area contributed by atoms with Crippen molar-refractivity contribution in [1.29, 1.82) is 0 Å². The molecule has 120 valence electrons. The maximum atomic E-state index is 12.4. The molecule has 2 aliphatic rings. The predicted octanol–water partition coefficient (Wildman–Crippen LogP) is 2.14. The number of anilines is 1. The molecule has 22 heavy (non-hydrogen) atoms. The fourth-order valence-corrected chi connectivity index (χ4v) is 3.82. The van der Waals surface area contributed by atoms with Gasteiger partial charge in [0, 0.05) is 18.7 Å². The van der Waals surface area contributed by atoms with E-state index in [-0.39, 0.29) is 5.91 Å². The molecule has 0 radical (unpaired) electrons. The summed E-state index contributed by atoms with van der Waals surface area (Å²) < 4.78 is 5.24. The average Bonchev–Trinajstić information content (AvgIpc) is 3.10. The van der Waals surface area contributed by atoms with Crippen molar-refractivity contribution in [2.45, 2.75) is 25.3 Å². The van der Waals surface area contributed by atoms with Crippen LogP contribution in [-0.4, -0.2) is 43.6 Å². The number of carbonyl (C=O) groups excluding carboxylic acids is 1. The van der Waals surface area contributed by atoms with Gasteiger partial charge >= 0.3 is 0 Å². The summed E-state index contributed by atoms with van der Waals surface area (Å²) in [6.07, 6.45) is 3.68. The third kappa shape index (κ3) is 2.88. The molecule has 0 unspecified atom stereocenters. The molecule has 0 aromatic heterocycles.